The van der Waals surface area contributed by atoms with E-state index in [0.717, 1.165) is 22.6 Å². The molecule has 0 saturated heterocycles. The first kappa shape index (κ1) is 21.2. The fraction of sp³-hybridized carbons (Fsp3) is 0.167. The lowest BCUT2D eigenvalue weighted by Crippen LogP contribution is -2.26. The quantitative estimate of drug-likeness (QED) is 0.372. The molecule has 0 aliphatic carbocycles. The molecule has 0 bridgehead atoms. The summed E-state index contributed by atoms with van der Waals surface area (Å²) in [6.07, 6.45) is 0.652. The third-order valence-electron chi connectivity index (χ3n) is 4.98. The molecule has 2 amide bonds. The monoisotopic (exact) mass is 434 g/mol. The van der Waals surface area contributed by atoms with E-state index < -0.39 is 5.91 Å². The normalized spacial score (nSPS) is 11.7. The minimum Gasteiger partial charge on any atom is -0.488 e. The Morgan fingerprint density at radius 1 is 0.906 bits per heavy atom. The lowest BCUT2D eigenvalue weighted by atomic mass is 10.1. The fourth-order valence-electron chi connectivity index (χ4n) is 3.27. The number of hydroxylamine groups is 1. The molecule has 0 fully saturated rings. The lowest BCUT2D eigenvalue weighted by Gasteiger charge is -2.12. The highest BCUT2D eigenvalue weighted by molar-refractivity contribution is 5.97. The smallest absolute Gasteiger partial charge is 0.274 e. The van der Waals surface area contributed by atoms with Gasteiger partial charge in [0.15, 0.2) is 11.5 Å². The van der Waals surface area contributed by atoms with Crippen molar-refractivity contribution >= 4 is 11.8 Å². The zero-order valence-corrected chi connectivity index (χ0v) is 17.2. The first-order valence-electron chi connectivity index (χ1n) is 10.1. The van der Waals surface area contributed by atoms with Crippen LogP contribution in [0.3, 0.4) is 0 Å². The minimum atomic E-state index is -0.583. The topological polar surface area (TPSA) is 106 Å². The van der Waals surface area contributed by atoms with Crippen LogP contribution in [-0.4, -0.2) is 30.4 Å². The highest BCUT2D eigenvalue weighted by atomic mass is 16.7. The van der Waals surface area contributed by atoms with Crippen LogP contribution in [-0.2, 0) is 13.0 Å². The predicted octanol–water partition coefficient (Wildman–Crippen LogP) is 3.09. The van der Waals surface area contributed by atoms with Crippen LogP contribution in [0.25, 0.3) is 0 Å². The summed E-state index contributed by atoms with van der Waals surface area (Å²) in [6.45, 7) is 0.915. The van der Waals surface area contributed by atoms with Crippen molar-refractivity contribution in [2.45, 2.75) is 13.0 Å². The summed E-state index contributed by atoms with van der Waals surface area (Å²) in [4.78, 5) is 24.1. The number of fused-ring (bicyclic) bond motifs is 1. The Morgan fingerprint density at radius 3 is 2.47 bits per heavy atom. The molecule has 4 rings (SSSR count). The van der Waals surface area contributed by atoms with Crippen molar-refractivity contribution in [3.05, 3.63) is 89.0 Å². The average Bonchev–Trinajstić information content (AvgIpc) is 3.30. The first-order valence-corrected chi connectivity index (χ1v) is 10.1. The van der Waals surface area contributed by atoms with Crippen molar-refractivity contribution in [1.82, 2.24) is 10.8 Å². The number of carbonyl (C=O) groups excluding carboxylic acids is 2. The van der Waals surface area contributed by atoms with E-state index in [4.69, 9.17) is 19.4 Å². The molecule has 0 atom stereocenters. The van der Waals surface area contributed by atoms with Gasteiger partial charge in [-0.2, -0.15) is 0 Å². The van der Waals surface area contributed by atoms with Gasteiger partial charge in [-0.15, -0.1) is 0 Å². The van der Waals surface area contributed by atoms with Crippen LogP contribution in [0, 0.1) is 0 Å². The van der Waals surface area contributed by atoms with Gasteiger partial charge < -0.3 is 19.5 Å². The predicted molar refractivity (Wildman–Crippen MR) is 115 cm³/mol. The number of carbonyl (C=O) groups is 2. The van der Waals surface area contributed by atoms with Gasteiger partial charge in [0.1, 0.15) is 12.4 Å². The number of hydrogen-bond acceptors (Lipinski definition) is 6. The van der Waals surface area contributed by atoms with Crippen molar-refractivity contribution in [2.75, 3.05) is 13.3 Å². The summed E-state index contributed by atoms with van der Waals surface area (Å²) in [5.74, 6) is 1.11. The van der Waals surface area contributed by atoms with Crippen LogP contribution in [0.4, 0.5) is 0 Å². The highest BCUT2D eigenvalue weighted by Gasteiger charge is 2.15. The molecule has 3 aromatic carbocycles. The van der Waals surface area contributed by atoms with Crippen molar-refractivity contribution in [1.29, 1.82) is 0 Å². The maximum Gasteiger partial charge on any atom is 0.274 e. The van der Waals surface area contributed by atoms with Gasteiger partial charge in [0.2, 0.25) is 6.79 Å². The molecule has 3 N–H and O–H groups in total. The maximum atomic E-state index is 12.7. The van der Waals surface area contributed by atoms with Crippen molar-refractivity contribution in [2.24, 2.45) is 0 Å². The molecule has 164 valence electrons. The molecule has 8 heteroatoms. The van der Waals surface area contributed by atoms with E-state index in [1.165, 1.54) is 0 Å². The molecule has 3 aromatic rings. The molecule has 1 heterocycles. The molecule has 0 saturated carbocycles. The molecule has 0 radical (unpaired) electrons. The Balaban J connectivity index is 1.33. The fourth-order valence-corrected chi connectivity index (χ4v) is 3.27. The van der Waals surface area contributed by atoms with Gasteiger partial charge in [-0.05, 0) is 53.9 Å². The molecule has 1 aliphatic heterocycles. The van der Waals surface area contributed by atoms with Crippen LogP contribution in [0.5, 0.6) is 17.2 Å². The maximum absolute atomic E-state index is 12.7. The number of ether oxygens (including phenoxy) is 3. The van der Waals surface area contributed by atoms with E-state index in [9.17, 15) is 9.59 Å². The standard InChI is InChI=1S/C24H22N2O6/c27-23(26-29)18-8-5-17(6-9-18)14-30-20-4-2-1-3-19(20)24(28)25-12-11-16-7-10-21-22(13-16)32-15-31-21/h1-10,13,29H,11-12,14-15H2,(H,25,28)(H,26,27). The van der Waals surface area contributed by atoms with Gasteiger partial charge in [0.25, 0.3) is 11.8 Å². The Bertz CT molecular complexity index is 1110. The number of para-hydroxylation sites is 1. The Hall–Kier alpha value is -4.04. The van der Waals surface area contributed by atoms with Gasteiger partial charge in [0, 0.05) is 12.1 Å². The largest absolute Gasteiger partial charge is 0.488 e. The SMILES string of the molecule is O=C(NO)c1ccc(COc2ccccc2C(=O)NCCc2ccc3c(c2)OCO3)cc1. The molecular formula is C24H22N2O6. The Morgan fingerprint density at radius 2 is 1.66 bits per heavy atom. The second-order valence-corrected chi connectivity index (χ2v) is 7.12. The number of benzene rings is 3. The number of hydrogen-bond donors (Lipinski definition) is 3. The van der Waals surface area contributed by atoms with Gasteiger partial charge in [0.05, 0.1) is 5.56 Å². The number of nitrogens with one attached hydrogen (secondary N) is 2. The summed E-state index contributed by atoms with van der Waals surface area (Å²) in [5, 5.41) is 11.6. The summed E-state index contributed by atoms with van der Waals surface area (Å²) >= 11 is 0. The third-order valence-corrected chi connectivity index (χ3v) is 4.98. The molecule has 0 aromatic heterocycles. The van der Waals surface area contributed by atoms with Crippen LogP contribution in [0.15, 0.2) is 66.7 Å². The van der Waals surface area contributed by atoms with E-state index in [0.29, 0.717) is 29.8 Å². The molecule has 32 heavy (non-hydrogen) atoms. The van der Waals surface area contributed by atoms with E-state index in [1.54, 1.807) is 54.0 Å². The van der Waals surface area contributed by atoms with E-state index in [2.05, 4.69) is 5.32 Å². The molecule has 1 aliphatic rings. The number of amides is 2. The molecule has 0 spiro atoms. The summed E-state index contributed by atoms with van der Waals surface area (Å²) < 4.78 is 16.5. The van der Waals surface area contributed by atoms with Gasteiger partial charge >= 0.3 is 0 Å². The van der Waals surface area contributed by atoms with Crippen molar-refractivity contribution in [3.63, 3.8) is 0 Å². The highest BCUT2D eigenvalue weighted by Crippen LogP contribution is 2.32. The zero-order valence-electron chi connectivity index (χ0n) is 17.2. The van der Waals surface area contributed by atoms with E-state index >= 15 is 0 Å². The molecule has 0 unspecified atom stereocenters. The second-order valence-electron chi connectivity index (χ2n) is 7.12. The summed E-state index contributed by atoms with van der Waals surface area (Å²) in [7, 11) is 0. The van der Waals surface area contributed by atoms with Gasteiger partial charge in [-0.25, -0.2) is 5.48 Å². The van der Waals surface area contributed by atoms with E-state index in [-0.39, 0.29) is 19.3 Å². The van der Waals surface area contributed by atoms with Gasteiger partial charge in [-0.1, -0.05) is 30.3 Å². The van der Waals surface area contributed by atoms with Crippen LogP contribution < -0.4 is 25.0 Å². The van der Waals surface area contributed by atoms with Crippen LogP contribution in [0.1, 0.15) is 31.8 Å². The van der Waals surface area contributed by atoms with E-state index in [1.807, 2.05) is 18.2 Å². The van der Waals surface area contributed by atoms with Gasteiger partial charge in [-0.3, -0.25) is 14.8 Å². The second kappa shape index (κ2) is 9.84. The van der Waals surface area contributed by atoms with Crippen LogP contribution in [0.2, 0.25) is 0 Å². The Labute approximate surface area is 184 Å². The average molecular weight is 434 g/mol. The lowest BCUT2D eigenvalue weighted by molar-refractivity contribution is 0.0706. The minimum absolute atomic E-state index is 0.225. The van der Waals surface area contributed by atoms with Crippen molar-refractivity contribution in [3.8, 4) is 17.2 Å². The van der Waals surface area contributed by atoms with Crippen LogP contribution >= 0.6 is 0 Å². The summed E-state index contributed by atoms with van der Waals surface area (Å²) in [5.41, 5.74) is 4.22. The Kier molecular flexibility index (Phi) is 6.52. The molecular weight excluding hydrogens is 412 g/mol. The summed E-state index contributed by atoms with van der Waals surface area (Å²) in [6, 6.07) is 19.4. The molecule has 8 nitrogen and oxygen atoms in total. The number of rotatable bonds is 8. The first-order chi connectivity index (χ1) is 15.6. The third kappa shape index (κ3) is 4.98. The zero-order chi connectivity index (χ0) is 22.3. The van der Waals surface area contributed by atoms with Crippen molar-refractivity contribution < 1.29 is 29.0 Å².